The third-order valence-electron chi connectivity index (χ3n) is 4.86. The van der Waals surface area contributed by atoms with Gasteiger partial charge in [-0.1, -0.05) is 0 Å². The summed E-state index contributed by atoms with van der Waals surface area (Å²) in [6.07, 6.45) is 6.17. The summed E-state index contributed by atoms with van der Waals surface area (Å²) >= 11 is 1.77. The van der Waals surface area contributed by atoms with Crippen molar-refractivity contribution in [2.24, 2.45) is 10.9 Å². The standard InChI is InChI=1S/C19H33N5OS.HI/c1-3-20-18(23(2)12-13-25-14-16-6-7-16)21-9-8-17-15-26-19(22-17)24-10-4-5-11-24;/h15-16H,3-14H2,1-2H3,(H,20,21);1H. The SMILES string of the molecule is CCNC(=NCCc1csc(N2CCCC2)n1)N(C)CCOCC1CC1.I. The Morgan fingerprint density at radius 1 is 1.41 bits per heavy atom. The number of nitrogens with zero attached hydrogens (tertiary/aromatic N) is 4. The van der Waals surface area contributed by atoms with Crippen molar-refractivity contribution >= 4 is 46.4 Å². The van der Waals surface area contributed by atoms with Gasteiger partial charge in [0.25, 0.3) is 0 Å². The highest BCUT2D eigenvalue weighted by Crippen LogP contribution is 2.28. The fraction of sp³-hybridized carbons (Fsp3) is 0.789. The highest BCUT2D eigenvalue weighted by atomic mass is 127. The maximum Gasteiger partial charge on any atom is 0.193 e. The molecule has 0 radical (unpaired) electrons. The van der Waals surface area contributed by atoms with Crippen LogP contribution in [-0.4, -0.2) is 68.8 Å². The Balaban J connectivity index is 0.00000261. The Labute approximate surface area is 184 Å². The normalized spacial score (nSPS) is 17.1. The summed E-state index contributed by atoms with van der Waals surface area (Å²) in [5, 5.41) is 6.74. The first-order valence-corrected chi connectivity index (χ1v) is 10.9. The van der Waals surface area contributed by atoms with Crippen LogP contribution < -0.4 is 10.2 Å². The minimum Gasteiger partial charge on any atom is -0.379 e. The minimum atomic E-state index is 0. The molecule has 1 saturated heterocycles. The molecule has 0 bridgehead atoms. The molecule has 0 amide bonds. The molecule has 2 fully saturated rings. The average molecular weight is 507 g/mol. The van der Waals surface area contributed by atoms with Crippen molar-refractivity contribution in [1.82, 2.24) is 15.2 Å². The van der Waals surface area contributed by atoms with E-state index in [4.69, 9.17) is 14.7 Å². The molecule has 1 aromatic heterocycles. The Morgan fingerprint density at radius 2 is 2.19 bits per heavy atom. The molecule has 0 unspecified atom stereocenters. The summed E-state index contributed by atoms with van der Waals surface area (Å²) < 4.78 is 5.74. The molecule has 0 aromatic carbocycles. The van der Waals surface area contributed by atoms with Crippen molar-refractivity contribution in [2.75, 3.05) is 57.9 Å². The van der Waals surface area contributed by atoms with E-state index >= 15 is 0 Å². The molecule has 1 N–H and O–H groups in total. The minimum absolute atomic E-state index is 0. The Morgan fingerprint density at radius 3 is 2.89 bits per heavy atom. The van der Waals surface area contributed by atoms with Gasteiger partial charge in [0.2, 0.25) is 0 Å². The van der Waals surface area contributed by atoms with Gasteiger partial charge in [0, 0.05) is 58.2 Å². The van der Waals surface area contributed by atoms with Gasteiger partial charge in [-0.05, 0) is 38.5 Å². The Bertz CT molecular complexity index is 572. The maximum absolute atomic E-state index is 5.74. The molecule has 8 heteroatoms. The second-order valence-corrected chi connectivity index (χ2v) is 8.08. The van der Waals surface area contributed by atoms with Gasteiger partial charge < -0.3 is 19.9 Å². The van der Waals surface area contributed by atoms with Gasteiger partial charge in [-0.2, -0.15) is 0 Å². The van der Waals surface area contributed by atoms with Gasteiger partial charge >= 0.3 is 0 Å². The second-order valence-electron chi connectivity index (χ2n) is 7.24. The highest BCUT2D eigenvalue weighted by Gasteiger charge is 2.21. The van der Waals surface area contributed by atoms with Crippen molar-refractivity contribution in [3.8, 4) is 0 Å². The van der Waals surface area contributed by atoms with Gasteiger partial charge in [-0.3, -0.25) is 4.99 Å². The fourth-order valence-electron chi connectivity index (χ4n) is 3.05. The molecule has 1 saturated carbocycles. The predicted molar refractivity (Wildman–Crippen MR) is 125 cm³/mol. The number of hydrogen-bond donors (Lipinski definition) is 1. The molecular weight excluding hydrogens is 473 g/mol. The van der Waals surface area contributed by atoms with Crippen LogP contribution in [0.5, 0.6) is 0 Å². The summed E-state index contributed by atoms with van der Waals surface area (Å²) in [5.41, 5.74) is 1.16. The number of rotatable bonds is 10. The number of halogens is 1. The molecule has 1 aliphatic heterocycles. The lowest BCUT2D eigenvalue weighted by Gasteiger charge is -2.22. The van der Waals surface area contributed by atoms with Crippen molar-refractivity contribution < 1.29 is 4.74 Å². The van der Waals surface area contributed by atoms with Crippen molar-refractivity contribution in [3.63, 3.8) is 0 Å². The first-order chi connectivity index (χ1) is 12.8. The van der Waals surface area contributed by atoms with E-state index in [-0.39, 0.29) is 24.0 Å². The van der Waals surface area contributed by atoms with Gasteiger partial charge in [0.05, 0.1) is 12.3 Å². The number of hydrogen-bond acceptors (Lipinski definition) is 5. The van der Waals surface area contributed by atoms with Crippen LogP contribution in [0.1, 0.15) is 38.3 Å². The molecule has 27 heavy (non-hydrogen) atoms. The predicted octanol–water partition coefficient (Wildman–Crippen LogP) is 3.23. The molecule has 154 valence electrons. The first-order valence-electron chi connectivity index (χ1n) is 10.0. The van der Waals surface area contributed by atoms with Crippen molar-refractivity contribution in [1.29, 1.82) is 0 Å². The maximum atomic E-state index is 5.74. The summed E-state index contributed by atoms with van der Waals surface area (Å²) in [7, 11) is 2.08. The van der Waals surface area contributed by atoms with E-state index in [0.29, 0.717) is 0 Å². The number of thiazole rings is 1. The average Bonchev–Trinajstić information content (AvgIpc) is 3.11. The molecule has 2 heterocycles. The smallest absolute Gasteiger partial charge is 0.193 e. The monoisotopic (exact) mass is 507 g/mol. The number of anilines is 1. The summed E-state index contributed by atoms with van der Waals surface area (Å²) in [6, 6.07) is 0. The third kappa shape index (κ3) is 7.73. The molecule has 1 aromatic rings. The Kier molecular flexibility index (Phi) is 10.1. The highest BCUT2D eigenvalue weighted by molar-refractivity contribution is 14.0. The first kappa shape index (κ1) is 22.7. The fourth-order valence-corrected chi connectivity index (χ4v) is 3.97. The number of aliphatic imine (C=N–C) groups is 1. The van der Waals surface area contributed by atoms with Crippen LogP contribution >= 0.6 is 35.3 Å². The largest absolute Gasteiger partial charge is 0.379 e. The zero-order valence-electron chi connectivity index (χ0n) is 16.7. The van der Waals surface area contributed by atoms with E-state index in [1.165, 1.54) is 30.8 Å². The van der Waals surface area contributed by atoms with Gasteiger partial charge in [0.15, 0.2) is 11.1 Å². The van der Waals surface area contributed by atoms with Crippen LogP contribution in [-0.2, 0) is 11.2 Å². The van der Waals surface area contributed by atoms with Gasteiger partial charge in [0.1, 0.15) is 0 Å². The zero-order valence-corrected chi connectivity index (χ0v) is 19.8. The number of guanidine groups is 1. The van der Waals surface area contributed by atoms with Crippen LogP contribution in [0, 0.1) is 5.92 Å². The van der Waals surface area contributed by atoms with Crippen LogP contribution in [0.25, 0.3) is 0 Å². The van der Waals surface area contributed by atoms with Crippen LogP contribution in [0.4, 0.5) is 5.13 Å². The lowest BCUT2D eigenvalue weighted by atomic mass is 10.3. The van der Waals surface area contributed by atoms with Gasteiger partial charge in [-0.15, -0.1) is 35.3 Å². The van der Waals surface area contributed by atoms with Crippen molar-refractivity contribution in [2.45, 2.75) is 39.0 Å². The van der Waals surface area contributed by atoms with E-state index in [0.717, 1.165) is 69.9 Å². The van der Waals surface area contributed by atoms with Crippen LogP contribution in [0.15, 0.2) is 10.4 Å². The topological polar surface area (TPSA) is 53.0 Å². The molecule has 6 nitrogen and oxygen atoms in total. The van der Waals surface area contributed by atoms with Crippen LogP contribution in [0.2, 0.25) is 0 Å². The Hall–Kier alpha value is -0.610. The number of nitrogens with one attached hydrogen (secondary N) is 1. The van der Waals surface area contributed by atoms with Gasteiger partial charge in [-0.25, -0.2) is 4.98 Å². The zero-order chi connectivity index (χ0) is 18.2. The summed E-state index contributed by atoms with van der Waals surface area (Å²) in [6.45, 7) is 8.62. The molecule has 3 rings (SSSR count). The molecule has 1 aliphatic carbocycles. The molecular formula is C19H34IN5OS. The van der Waals surface area contributed by atoms with E-state index in [9.17, 15) is 0 Å². The van der Waals surface area contributed by atoms with E-state index in [1.807, 2.05) is 0 Å². The van der Waals surface area contributed by atoms with E-state index in [1.54, 1.807) is 11.3 Å². The number of ether oxygens (including phenoxy) is 1. The number of aromatic nitrogens is 1. The van der Waals surface area contributed by atoms with Crippen molar-refractivity contribution in [3.05, 3.63) is 11.1 Å². The van der Waals surface area contributed by atoms with Crippen LogP contribution in [0.3, 0.4) is 0 Å². The van der Waals surface area contributed by atoms with E-state index < -0.39 is 0 Å². The lowest BCUT2D eigenvalue weighted by Crippen LogP contribution is -2.40. The summed E-state index contributed by atoms with van der Waals surface area (Å²) in [4.78, 5) is 14.1. The molecule has 0 spiro atoms. The quantitative estimate of drug-likeness (QED) is 0.228. The van der Waals surface area contributed by atoms with E-state index in [2.05, 4.69) is 34.5 Å². The molecule has 2 aliphatic rings. The second kappa shape index (κ2) is 12.1. The number of likely N-dealkylation sites (N-methyl/N-ethyl adjacent to an activating group) is 1. The lowest BCUT2D eigenvalue weighted by molar-refractivity contribution is 0.115. The summed E-state index contributed by atoms with van der Waals surface area (Å²) in [5.74, 6) is 1.78. The third-order valence-corrected chi connectivity index (χ3v) is 5.81. The molecule has 0 atom stereocenters.